The average Bonchev–Trinajstić information content (AvgIpc) is 2.18. The van der Waals surface area contributed by atoms with Gasteiger partial charge >= 0.3 is 19.4 Å². The molecular weight excluding hydrogens is 1160 g/mol. The maximum absolute atomic E-state index is 14.7. The maximum atomic E-state index is 14.7. The molecule has 86 heavy (non-hydrogen) atoms. The van der Waals surface area contributed by atoms with Crippen molar-refractivity contribution in [3.05, 3.63) is 105 Å². The summed E-state index contributed by atoms with van der Waals surface area (Å²) in [6.07, 6.45) is 2.79. The molecule has 9 rings (SSSR count). The third kappa shape index (κ3) is 14.1. The molecule has 3 unspecified atom stereocenters. The highest BCUT2D eigenvalue weighted by Crippen LogP contribution is 2.59. The number of ether oxygens (including phenoxy) is 1. The topological polar surface area (TPSA) is 307 Å². The van der Waals surface area contributed by atoms with E-state index in [4.69, 9.17) is 10.5 Å². The van der Waals surface area contributed by atoms with Gasteiger partial charge in [0.25, 0.3) is 11.8 Å². The number of primary amides is 1. The zero-order valence-electron chi connectivity index (χ0n) is 48.1. The van der Waals surface area contributed by atoms with E-state index in [1.165, 1.54) is 21.9 Å². The van der Waals surface area contributed by atoms with E-state index in [1.807, 2.05) is 35.2 Å². The highest BCUT2D eigenvalue weighted by Gasteiger charge is 2.51. The number of rotatable bonds is 16. The van der Waals surface area contributed by atoms with E-state index in [9.17, 15) is 66.3 Å². The molecule has 9 amide bonds. The second-order valence-corrected chi connectivity index (χ2v) is 26.5. The van der Waals surface area contributed by atoms with Crippen molar-refractivity contribution in [1.29, 1.82) is 0 Å². The number of nitrogens with zero attached hydrogens (tertiary/aromatic N) is 4. The summed E-state index contributed by atoms with van der Waals surface area (Å²) in [5.41, 5.74) is 3.46. The largest absolute Gasteiger partial charge is 0.447 e. The number of hydrogen-bond acceptors (Lipinski definition) is 13. The molecule has 8 N–H and O–H groups in total. The van der Waals surface area contributed by atoms with E-state index in [1.54, 1.807) is 24.1 Å². The fourth-order valence-electron chi connectivity index (χ4n) is 11.9. The first kappa shape index (κ1) is 62.9. The number of alkyl halides is 2. The van der Waals surface area contributed by atoms with E-state index < -0.39 is 97.3 Å². The first-order chi connectivity index (χ1) is 40.7. The lowest BCUT2D eigenvalue weighted by atomic mass is 9.86. The van der Waals surface area contributed by atoms with Crippen LogP contribution in [0.1, 0.15) is 126 Å². The SMILES string of the molecule is CN1CC[C@H]2CC[C@@H](C(=O)NC(COC(N)=O)C(=O)NC(Cc3ccc(C(C)(C)C)cc3)C(=O)N3CCC(CCC#Cc4cccc5c4CN(C4CCC(=O)NC4=O)C5=O)CC3)N2C(=O)[C@@H](NC(=O)c2cc3cc(C(F)(F)P(=O)(O)O)ccc3s2)C1. The summed E-state index contributed by atoms with van der Waals surface area (Å²) in [5.74, 6) is 2.21. The molecule has 3 aromatic carbocycles. The van der Waals surface area contributed by atoms with E-state index >= 15 is 0 Å². The summed E-state index contributed by atoms with van der Waals surface area (Å²) >= 11 is 0.912. The van der Waals surface area contributed by atoms with E-state index in [2.05, 4.69) is 53.9 Å². The molecule has 0 spiro atoms. The molecule has 6 atom stereocenters. The van der Waals surface area contributed by atoms with Crippen LogP contribution in [0.5, 0.6) is 0 Å². The minimum Gasteiger partial charge on any atom is -0.447 e. The minimum absolute atomic E-state index is 0.0160. The second kappa shape index (κ2) is 25.8. The monoisotopic (exact) mass is 1230 g/mol. The predicted octanol–water partition coefficient (Wildman–Crippen LogP) is 4.36. The van der Waals surface area contributed by atoms with Crippen molar-refractivity contribution in [3.8, 4) is 11.8 Å². The molecule has 0 radical (unpaired) electrons. The predicted molar refractivity (Wildman–Crippen MR) is 311 cm³/mol. The molecule has 5 aliphatic rings. The number of halogens is 2. The Hall–Kier alpha value is -7.62. The van der Waals surface area contributed by atoms with Gasteiger partial charge in [-0.25, -0.2) is 4.79 Å². The smallest absolute Gasteiger partial charge is 0.404 e. The molecule has 4 saturated heterocycles. The van der Waals surface area contributed by atoms with Gasteiger partial charge in [-0.1, -0.05) is 69.0 Å². The Bertz CT molecular complexity index is 3460. The normalized spacial score (nSPS) is 21.3. The van der Waals surface area contributed by atoms with Gasteiger partial charge in [0.1, 0.15) is 36.8 Å². The van der Waals surface area contributed by atoms with Gasteiger partial charge in [0.15, 0.2) is 0 Å². The number of fused-ring (bicyclic) bond motifs is 3. The fourth-order valence-corrected chi connectivity index (χ4v) is 13.3. The third-order valence-electron chi connectivity index (χ3n) is 16.8. The molecule has 4 aromatic rings. The molecule has 0 bridgehead atoms. The highest BCUT2D eigenvalue weighted by atomic mass is 32.1. The lowest BCUT2D eigenvalue weighted by Crippen LogP contribution is -2.62. The Morgan fingerprint density at radius 3 is 2.30 bits per heavy atom. The molecule has 26 heteroatoms. The first-order valence-electron chi connectivity index (χ1n) is 28.6. The molecule has 458 valence electrons. The van der Waals surface area contributed by atoms with E-state index in [-0.39, 0.29) is 78.1 Å². The lowest BCUT2D eigenvalue weighted by Gasteiger charge is -2.38. The van der Waals surface area contributed by atoms with Gasteiger partial charge in [0.2, 0.25) is 35.4 Å². The maximum Gasteiger partial charge on any atom is 0.404 e. The van der Waals surface area contributed by atoms with Crippen molar-refractivity contribution < 1.29 is 71.0 Å². The molecule has 0 saturated carbocycles. The van der Waals surface area contributed by atoms with Crippen LogP contribution in [-0.2, 0) is 62.1 Å². The number of likely N-dealkylation sites (tertiary alicyclic amines) is 1. The van der Waals surface area contributed by atoms with Crippen LogP contribution in [0.4, 0.5) is 13.6 Å². The standard InChI is InChI=1S/C60H70F2N9O13PS/c1-59(2,3)38-14-12-35(13-15-38)28-43(56(78)69-26-22-34(23-27-69)8-5-6-9-36-10-7-11-41-42(36)31-70(55(41)77)46-19-21-50(72)67-52(46)74)64-51(73)45(33-84-58(63)80)66-53(75)47-18-17-40-24-25-68(4)32-44(57(79)71(40)47)65-54(76)49-30-37-29-39(16-20-48(37)86-49)60(61,62)85(81,82)83/h7,10-16,20,29-30,34,40,43-47H,5,8,17-19,21-28,31-33H2,1-4H3,(H2,63,80)(H,64,73)(H,65,76)(H,66,75)(H,67,72,74)(H2,81,82,83)/t40-,43?,44+,45?,46?,47+/m1/s1. The average molecular weight is 1230 g/mol. The summed E-state index contributed by atoms with van der Waals surface area (Å²) < 4.78 is 46.2. The van der Waals surface area contributed by atoms with Gasteiger partial charge in [-0.15, -0.1) is 11.3 Å². The van der Waals surface area contributed by atoms with Crippen LogP contribution in [0, 0.1) is 17.8 Å². The number of likely N-dealkylation sites (N-methyl/N-ethyl adjacent to an activating group) is 1. The zero-order chi connectivity index (χ0) is 62.0. The van der Waals surface area contributed by atoms with Crippen LogP contribution in [0.3, 0.4) is 0 Å². The number of piperidine rings is 2. The van der Waals surface area contributed by atoms with Gasteiger partial charge in [-0.3, -0.25) is 48.2 Å². The Morgan fingerprint density at radius 2 is 1.62 bits per heavy atom. The zero-order valence-corrected chi connectivity index (χ0v) is 49.8. The summed E-state index contributed by atoms with van der Waals surface area (Å²) in [5, 5.41) is 10.7. The first-order valence-corrected chi connectivity index (χ1v) is 31.1. The van der Waals surface area contributed by atoms with Crippen LogP contribution in [0.25, 0.3) is 10.1 Å². The number of benzene rings is 3. The van der Waals surface area contributed by atoms with E-state index in [0.717, 1.165) is 46.6 Å². The number of hydrogen-bond donors (Lipinski definition) is 7. The Labute approximate surface area is 499 Å². The number of amides is 9. The Morgan fingerprint density at radius 1 is 0.895 bits per heavy atom. The van der Waals surface area contributed by atoms with Gasteiger partial charge in [0, 0.05) is 72.9 Å². The van der Waals surface area contributed by atoms with Crippen LogP contribution < -0.4 is 27.0 Å². The van der Waals surface area contributed by atoms with Crippen molar-refractivity contribution >= 4 is 82.4 Å². The van der Waals surface area contributed by atoms with Crippen molar-refractivity contribution in [2.24, 2.45) is 11.7 Å². The van der Waals surface area contributed by atoms with Crippen LogP contribution in [-0.4, -0.2) is 159 Å². The number of nitrogens with one attached hydrogen (secondary N) is 4. The third-order valence-corrected chi connectivity index (χ3v) is 18.9. The van der Waals surface area contributed by atoms with Gasteiger partial charge < -0.3 is 55.8 Å². The molecule has 1 aromatic heterocycles. The van der Waals surface area contributed by atoms with E-state index in [0.29, 0.717) is 67.6 Å². The van der Waals surface area contributed by atoms with Crippen LogP contribution in [0.2, 0.25) is 0 Å². The summed E-state index contributed by atoms with van der Waals surface area (Å²) in [4.78, 5) is 147. The van der Waals surface area contributed by atoms with Crippen molar-refractivity contribution in [3.63, 3.8) is 0 Å². The molecule has 6 heterocycles. The molecule has 4 fully saturated rings. The number of thiophene rings is 1. The molecular formula is C60H70F2N9O13PS. The Balaban J connectivity index is 0.860. The summed E-state index contributed by atoms with van der Waals surface area (Å²) in [7, 11) is -4.12. The van der Waals surface area contributed by atoms with Crippen molar-refractivity contribution in [2.75, 3.05) is 39.8 Å². The van der Waals surface area contributed by atoms with Gasteiger partial charge in [-0.05, 0) is 122 Å². The lowest BCUT2D eigenvalue weighted by molar-refractivity contribution is -0.144. The number of imide groups is 1. The van der Waals surface area contributed by atoms with Crippen molar-refractivity contribution in [2.45, 2.75) is 139 Å². The summed E-state index contributed by atoms with van der Waals surface area (Å²) in [6, 6.07) is 10.9. The fraction of sp³-hybridized carbons (Fsp3) is 0.483. The number of carbonyl (C=O) groups is 9. The van der Waals surface area contributed by atoms with Crippen LogP contribution in [0.15, 0.2) is 66.7 Å². The van der Waals surface area contributed by atoms with Gasteiger partial charge in [-0.2, -0.15) is 8.78 Å². The number of carbonyl (C=O) groups excluding carboxylic acids is 9. The molecule has 0 aliphatic carbocycles. The Kier molecular flexibility index (Phi) is 18.8. The number of nitrogens with two attached hydrogens (primary N) is 1. The minimum atomic E-state index is -5.88. The van der Waals surface area contributed by atoms with Gasteiger partial charge in [0.05, 0.1) is 4.88 Å². The summed E-state index contributed by atoms with van der Waals surface area (Å²) in [6.45, 7) is 6.92. The second-order valence-electron chi connectivity index (χ2n) is 23.8. The van der Waals surface area contributed by atoms with Crippen molar-refractivity contribution in [1.82, 2.24) is 40.9 Å². The molecule has 5 aliphatic heterocycles. The molecule has 22 nitrogen and oxygen atoms in total. The van der Waals surface area contributed by atoms with Crippen LogP contribution >= 0.6 is 18.9 Å². The quantitative estimate of drug-likeness (QED) is 0.0466. The highest BCUT2D eigenvalue weighted by molar-refractivity contribution is 7.52.